The van der Waals surface area contributed by atoms with Crippen LogP contribution in [-0.2, 0) is 0 Å². The van der Waals surface area contributed by atoms with Crippen LogP contribution < -0.4 is 16.8 Å². The van der Waals surface area contributed by atoms with Gasteiger partial charge in [0.2, 0.25) is 5.76 Å². The van der Waals surface area contributed by atoms with Crippen molar-refractivity contribution in [2.24, 2.45) is 0 Å². The first kappa shape index (κ1) is 16.1. The Bertz CT molecular complexity index is 878. The van der Waals surface area contributed by atoms with Gasteiger partial charge in [0.25, 0.3) is 5.91 Å². The maximum absolute atomic E-state index is 12.5. The van der Waals surface area contributed by atoms with Crippen LogP contribution in [0.4, 0.5) is 0 Å². The SMILES string of the molecule is N=c1oc(C(=O)NCC2=CC=C(Cl)CC2)c(-c2ccccc2)n1N. The smallest absolute Gasteiger partial charge is 0.314 e. The highest BCUT2D eigenvalue weighted by molar-refractivity contribution is 6.29. The number of carbonyl (C=O) groups is 1. The van der Waals surface area contributed by atoms with Gasteiger partial charge in [-0.15, -0.1) is 0 Å². The largest absolute Gasteiger partial charge is 0.416 e. The molecule has 1 aromatic carbocycles. The Labute approximate surface area is 143 Å². The lowest BCUT2D eigenvalue weighted by Crippen LogP contribution is -2.26. The molecular weight excluding hydrogens is 328 g/mol. The van der Waals surface area contributed by atoms with Crippen molar-refractivity contribution in [3.63, 3.8) is 0 Å². The molecule has 1 amide bonds. The van der Waals surface area contributed by atoms with Gasteiger partial charge in [0, 0.05) is 17.1 Å². The summed E-state index contributed by atoms with van der Waals surface area (Å²) in [6.45, 7) is 0.395. The standard InChI is InChI=1S/C17H17ClN4O2/c18-13-8-6-11(7-9-13)10-21-16(23)15-14(22(20)17(19)24-15)12-4-2-1-3-5-12/h1-6,8,19H,7,9-10,20H2,(H,21,23). The number of halogens is 1. The number of benzene rings is 1. The maximum Gasteiger partial charge on any atom is 0.314 e. The van der Waals surface area contributed by atoms with Crippen LogP contribution in [0.25, 0.3) is 11.3 Å². The zero-order valence-electron chi connectivity index (χ0n) is 12.9. The fourth-order valence-corrected chi connectivity index (χ4v) is 2.66. The molecule has 2 aromatic rings. The lowest BCUT2D eigenvalue weighted by molar-refractivity contribution is 0.0927. The Hall–Kier alpha value is -2.73. The Balaban J connectivity index is 1.83. The molecule has 0 radical (unpaired) electrons. The molecule has 0 fully saturated rings. The molecule has 0 saturated carbocycles. The number of carbonyl (C=O) groups excluding carboxylic acids is 1. The number of nitrogens with two attached hydrogens (primary N) is 1. The van der Waals surface area contributed by atoms with Gasteiger partial charge < -0.3 is 15.6 Å². The summed E-state index contributed by atoms with van der Waals surface area (Å²) in [6.07, 6.45) is 5.33. The van der Waals surface area contributed by atoms with E-state index >= 15 is 0 Å². The summed E-state index contributed by atoms with van der Waals surface area (Å²) in [5.74, 6) is 5.47. The van der Waals surface area contributed by atoms with Crippen LogP contribution in [0, 0.1) is 5.41 Å². The van der Waals surface area contributed by atoms with Gasteiger partial charge in [0.1, 0.15) is 5.69 Å². The van der Waals surface area contributed by atoms with E-state index in [-0.39, 0.29) is 11.4 Å². The van der Waals surface area contributed by atoms with Crippen molar-refractivity contribution in [1.29, 1.82) is 5.41 Å². The van der Waals surface area contributed by atoms with Gasteiger partial charge >= 0.3 is 5.68 Å². The molecule has 3 rings (SSSR count). The van der Waals surface area contributed by atoms with Crippen molar-refractivity contribution in [1.82, 2.24) is 9.99 Å². The quantitative estimate of drug-likeness (QED) is 0.743. The zero-order chi connectivity index (χ0) is 17.1. The number of allylic oxidation sites excluding steroid dienone is 3. The van der Waals surface area contributed by atoms with Gasteiger partial charge in [0.15, 0.2) is 0 Å². The van der Waals surface area contributed by atoms with E-state index in [2.05, 4.69) is 5.32 Å². The normalized spacial score (nSPS) is 14.0. The van der Waals surface area contributed by atoms with Gasteiger partial charge in [-0.2, -0.15) is 0 Å². The van der Waals surface area contributed by atoms with Crippen LogP contribution >= 0.6 is 11.6 Å². The molecule has 124 valence electrons. The second-order valence-electron chi connectivity index (χ2n) is 5.44. The van der Waals surface area contributed by atoms with Crippen molar-refractivity contribution in [2.45, 2.75) is 12.8 Å². The minimum absolute atomic E-state index is 0.0266. The summed E-state index contributed by atoms with van der Waals surface area (Å²) >= 11 is 5.93. The zero-order valence-corrected chi connectivity index (χ0v) is 13.6. The molecule has 24 heavy (non-hydrogen) atoms. The predicted molar refractivity (Wildman–Crippen MR) is 91.7 cm³/mol. The Morgan fingerprint density at radius 2 is 2.04 bits per heavy atom. The number of rotatable bonds is 4. The Morgan fingerprint density at radius 1 is 1.29 bits per heavy atom. The first-order valence-corrected chi connectivity index (χ1v) is 7.87. The first-order valence-electron chi connectivity index (χ1n) is 7.49. The maximum atomic E-state index is 12.5. The Kier molecular flexibility index (Phi) is 4.57. The van der Waals surface area contributed by atoms with E-state index in [1.807, 2.05) is 30.4 Å². The molecule has 1 aromatic heterocycles. The van der Waals surface area contributed by atoms with Gasteiger partial charge in [-0.1, -0.05) is 53.6 Å². The molecule has 0 atom stereocenters. The van der Waals surface area contributed by atoms with Gasteiger partial charge in [-0.25, -0.2) is 10.1 Å². The number of nitrogens with zero attached hydrogens (tertiary/aromatic N) is 1. The van der Waals surface area contributed by atoms with Crippen LogP contribution in [0.3, 0.4) is 0 Å². The molecule has 0 aliphatic heterocycles. The third kappa shape index (κ3) is 3.28. The number of nitrogen functional groups attached to an aromatic ring is 1. The van der Waals surface area contributed by atoms with Crippen molar-refractivity contribution >= 4 is 17.5 Å². The summed E-state index contributed by atoms with van der Waals surface area (Å²) in [5.41, 5.74) is 1.87. The van der Waals surface area contributed by atoms with Crippen LogP contribution in [0.2, 0.25) is 0 Å². The van der Waals surface area contributed by atoms with E-state index < -0.39 is 5.91 Å². The minimum Gasteiger partial charge on any atom is -0.416 e. The van der Waals surface area contributed by atoms with Crippen molar-refractivity contribution < 1.29 is 9.21 Å². The van der Waals surface area contributed by atoms with Crippen molar-refractivity contribution in [3.8, 4) is 11.3 Å². The fraction of sp³-hybridized carbons (Fsp3) is 0.176. The van der Waals surface area contributed by atoms with E-state index in [0.717, 1.165) is 28.1 Å². The molecule has 0 unspecified atom stereocenters. The van der Waals surface area contributed by atoms with Gasteiger partial charge in [0.05, 0.1) is 0 Å². The third-order valence-electron chi connectivity index (χ3n) is 3.79. The lowest BCUT2D eigenvalue weighted by Gasteiger charge is -2.12. The summed E-state index contributed by atoms with van der Waals surface area (Å²) in [5, 5.41) is 11.4. The van der Waals surface area contributed by atoms with E-state index in [1.165, 1.54) is 0 Å². The van der Waals surface area contributed by atoms with E-state index in [1.54, 1.807) is 12.1 Å². The van der Waals surface area contributed by atoms with Crippen molar-refractivity contribution in [2.75, 3.05) is 12.4 Å². The van der Waals surface area contributed by atoms with Crippen LogP contribution in [0.5, 0.6) is 0 Å². The molecule has 6 nitrogen and oxygen atoms in total. The summed E-state index contributed by atoms with van der Waals surface area (Å²) in [4.78, 5) is 12.5. The summed E-state index contributed by atoms with van der Waals surface area (Å²) in [7, 11) is 0. The number of oxazole rings is 1. The second kappa shape index (κ2) is 6.80. The molecule has 0 bridgehead atoms. The average Bonchev–Trinajstić information content (AvgIpc) is 2.90. The number of aromatic nitrogens is 1. The predicted octanol–water partition coefficient (Wildman–Crippen LogP) is 2.51. The second-order valence-corrected chi connectivity index (χ2v) is 5.93. The highest BCUT2D eigenvalue weighted by atomic mass is 35.5. The first-order chi connectivity index (χ1) is 11.6. The minimum atomic E-state index is -0.409. The Morgan fingerprint density at radius 3 is 2.71 bits per heavy atom. The van der Waals surface area contributed by atoms with E-state index in [9.17, 15) is 4.79 Å². The third-order valence-corrected chi connectivity index (χ3v) is 4.10. The number of hydrogen-bond donors (Lipinski definition) is 3. The summed E-state index contributed by atoms with van der Waals surface area (Å²) < 4.78 is 6.32. The molecule has 1 aliphatic carbocycles. The molecule has 0 spiro atoms. The summed E-state index contributed by atoms with van der Waals surface area (Å²) in [6, 6.07) is 9.13. The van der Waals surface area contributed by atoms with Crippen molar-refractivity contribution in [3.05, 3.63) is 64.5 Å². The van der Waals surface area contributed by atoms with E-state index in [4.69, 9.17) is 27.3 Å². The number of hydrogen-bond acceptors (Lipinski definition) is 4. The number of nitrogens with one attached hydrogen (secondary N) is 2. The highest BCUT2D eigenvalue weighted by Gasteiger charge is 2.22. The monoisotopic (exact) mass is 344 g/mol. The van der Waals surface area contributed by atoms with Crippen LogP contribution in [0.1, 0.15) is 23.4 Å². The fourth-order valence-electron chi connectivity index (χ4n) is 2.50. The molecule has 0 saturated heterocycles. The van der Waals surface area contributed by atoms with Crippen LogP contribution in [0.15, 0.2) is 57.5 Å². The highest BCUT2D eigenvalue weighted by Crippen LogP contribution is 2.22. The molecule has 1 heterocycles. The van der Waals surface area contributed by atoms with E-state index in [0.29, 0.717) is 17.8 Å². The molecular formula is C17H17ClN4O2. The lowest BCUT2D eigenvalue weighted by atomic mass is 10.0. The number of amides is 1. The van der Waals surface area contributed by atoms with Gasteiger partial charge in [-0.05, 0) is 18.9 Å². The molecule has 7 heteroatoms. The topological polar surface area (TPSA) is 97.0 Å². The molecule has 4 N–H and O–H groups in total. The molecule has 1 aliphatic rings. The average molecular weight is 345 g/mol. The van der Waals surface area contributed by atoms with Gasteiger partial charge in [-0.3, -0.25) is 4.79 Å². The van der Waals surface area contributed by atoms with Crippen LogP contribution in [-0.4, -0.2) is 17.1 Å².